The second-order valence-electron chi connectivity index (χ2n) is 7.31. The number of benzene rings is 3. The molecule has 3 aromatic carbocycles. The number of ether oxygens (including phenoxy) is 1. The number of aryl methyl sites for hydroxylation is 3. The molecular formula is C24H22N2O4. The van der Waals surface area contributed by atoms with Crippen LogP contribution in [0.2, 0.25) is 0 Å². The zero-order chi connectivity index (χ0) is 21.3. The zero-order valence-corrected chi connectivity index (χ0v) is 17.0. The van der Waals surface area contributed by atoms with Crippen molar-refractivity contribution >= 4 is 22.7 Å². The average Bonchev–Trinajstić information content (AvgIpc) is 3.10. The minimum atomic E-state index is -0.324. The van der Waals surface area contributed by atoms with E-state index in [0.717, 1.165) is 22.2 Å². The van der Waals surface area contributed by atoms with Crippen LogP contribution in [0.1, 0.15) is 16.7 Å². The Morgan fingerprint density at radius 1 is 1.03 bits per heavy atom. The molecule has 0 radical (unpaired) electrons. The number of hydrogen-bond acceptors (Lipinski definition) is 5. The van der Waals surface area contributed by atoms with Crippen molar-refractivity contribution in [2.45, 2.75) is 20.8 Å². The third kappa shape index (κ3) is 4.12. The molecule has 2 N–H and O–H groups in total. The fourth-order valence-electron chi connectivity index (χ4n) is 3.07. The molecule has 152 valence electrons. The van der Waals surface area contributed by atoms with E-state index in [4.69, 9.17) is 9.15 Å². The Balaban J connectivity index is 1.46. The summed E-state index contributed by atoms with van der Waals surface area (Å²) in [7, 11) is 0. The molecule has 4 rings (SSSR count). The van der Waals surface area contributed by atoms with Crippen LogP contribution in [0.4, 0.5) is 5.69 Å². The van der Waals surface area contributed by atoms with Crippen molar-refractivity contribution in [1.29, 1.82) is 0 Å². The summed E-state index contributed by atoms with van der Waals surface area (Å²) in [6.45, 7) is 5.88. The highest BCUT2D eigenvalue weighted by Crippen LogP contribution is 2.33. The van der Waals surface area contributed by atoms with Crippen LogP contribution in [0.5, 0.6) is 11.5 Å². The van der Waals surface area contributed by atoms with Gasteiger partial charge in [-0.1, -0.05) is 17.7 Å². The molecule has 1 amide bonds. The Morgan fingerprint density at radius 2 is 1.77 bits per heavy atom. The Morgan fingerprint density at radius 3 is 2.50 bits per heavy atom. The Kier molecular flexibility index (Phi) is 5.14. The lowest BCUT2D eigenvalue weighted by Crippen LogP contribution is -2.20. The van der Waals surface area contributed by atoms with E-state index in [1.54, 1.807) is 12.1 Å². The highest BCUT2D eigenvalue weighted by Gasteiger charge is 2.14. The largest absolute Gasteiger partial charge is 0.507 e. The van der Waals surface area contributed by atoms with E-state index in [2.05, 4.69) is 10.3 Å². The number of phenols is 1. The highest BCUT2D eigenvalue weighted by molar-refractivity contribution is 5.92. The number of carbonyl (C=O) groups excluding carboxylic acids is 1. The first-order valence-electron chi connectivity index (χ1n) is 9.59. The molecule has 0 unspecified atom stereocenters. The third-order valence-electron chi connectivity index (χ3n) is 4.91. The van der Waals surface area contributed by atoms with Crippen molar-refractivity contribution in [3.8, 4) is 23.0 Å². The Bertz CT molecular complexity index is 1190. The van der Waals surface area contributed by atoms with Crippen LogP contribution in [0.3, 0.4) is 0 Å². The fraction of sp³-hybridized carbons (Fsp3) is 0.167. The van der Waals surface area contributed by atoms with Gasteiger partial charge in [0.05, 0.1) is 5.56 Å². The molecule has 0 fully saturated rings. The lowest BCUT2D eigenvalue weighted by Gasteiger charge is -2.09. The van der Waals surface area contributed by atoms with E-state index in [0.29, 0.717) is 28.5 Å². The van der Waals surface area contributed by atoms with Crippen molar-refractivity contribution < 1.29 is 19.1 Å². The number of phenolic OH excluding ortho intramolecular Hbond substituents is 1. The molecule has 0 atom stereocenters. The monoisotopic (exact) mass is 402 g/mol. The van der Waals surface area contributed by atoms with Crippen molar-refractivity contribution in [1.82, 2.24) is 4.98 Å². The predicted octanol–water partition coefficient (Wildman–Crippen LogP) is 5.14. The molecule has 1 aromatic heterocycles. The number of nitrogens with one attached hydrogen (secondary N) is 1. The zero-order valence-electron chi connectivity index (χ0n) is 17.0. The van der Waals surface area contributed by atoms with Crippen LogP contribution >= 0.6 is 0 Å². The van der Waals surface area contributed by atoms with Gasteiger partial charge in [-0.15, -0.1) is 0 Å². The van der Waals surface area contributed by atoms with Crippen LogP contribution in [0.25, 0.3) is 22.6 Å². The van der Waals surface area contributed by atoms with Gasteiger partial charge in [-0.3, -0.25) is 4.79 Å². The molecule has 30 heavy (non-hydrogen) atoms. The molecule has 4 aromatic rings. The lowest BCUT2D eigenvalue weighted by molar-refractivity contribution is -0.118. The second kappa shape index (κ2) is 7.91. The maximum absolute atomic E-state index is 12.2. The van der Waals surface area contributed by atoms with E-state index in [1.165, 1.54) is 6.07 Å². The fourth-order valence-corrected chi connectivity index (χ4v) is 3.07. The van der Waals surface area contributed by atoms with Crippen molar-refractivity contribution in [2.75, 3.05) is 11.9 Å². The van der Waals surface area contributed by atoms with Gasteiger partial charge in [-0.05, 0) is 68.3 Å². The molecule has 0 aliphatic carbocycles. The number of aromatic hydroxyl groups is 1. The normalized spacial score (nSPS) is 10.9. The average molecular weight is 402 g/mol. The number of amides is 1. The number of hydrogen-bond donors (Lipinski definition) is 2. The smallest absolute Gasteiger partial charge is 0.262 e. The number of oxazole rings is 1. The highest BCUT2D eigenvalue weighted by atomic mass is 16.5. The van der Waals surface area contributed by atoms with E-state index < -0.39 is 0 Å². The van der Waals surface area contributed by atoms with E-state index >= 15 is 0 Å². The molecule has 0 aliphatic rings. The van der Waals surface area contributed by atoms with Crippen LogP contribution < -0.4 is 10.1 Å². The van der Waals surface area contributed by atoms with Crippen molar-refractivity contribution in [2.24, 2.45) is 0 Å². The van der Waals surface area contributed by atoms with E-state index in [9.17, 15) is 9.90 Å². The van der Waals surface area contributed by atoms with Crippen LogP contribution in [0.15, 0.2) is 59.0 Å². The Hall–Kier alpha value is -3.80. The summed E-state index contributed by atoms with van der Waals surface area (Å²) in [6, 6.07) is 16.2. The topological polar surface area (TPSA) is 84.6 Å². The second-order valence-corrected chi connectivity index (χ2v) is 7.31. The molecule has 6 nitrogen and oxygen atoms in total. The molecular weight excluding hydrogens is 380 g/mol. The van der Waals surface area contributed by atoms with Gasteiger partial charge >= 0.3 is 0 Å². The summed E-state index contributed by atoms with van der Waals surface area (Å²) in [5.41, 5.74) is 5.66. The van der Waals surface area contributed by atoms with Gasteiger partial charge in [-0.2, -0.15) is 0 Å². The first-order valence-corrected chi connectivity index (χ1v) is 9.59. The maximum Gasteiger partial charge on any atom is 0.262 e. The first-order chi connectivity index (χ1) is 14.4. The number of carbonyl (C=O) groups is 1. The van der Waals surface area contributed by atoms with Gasteiger partial charge in [0.1, 0.15) is 17.0 Å². The predicted molar refractivity (Wildman–Crippen MR) is 116 cm³/mol. The summed E-state index contributed by atoms with van der Waals surface area (Å²) in [4.78, 5) is 16.6. The van der Waals surface area contributed by atoms with E-state index in [-0.39, 0.29) is 18.3 Å². The van der Waals surface area contributed by atoms with Gasteiger partial charge in [0.15, 0.2) is 12.2 Å². The number of anilines is 1. The van der Waals surface area contributed by atoms with Crippen LogP contribution in [-0.4, -0.2) is 22.6 Å². The molecule has 0 aliphatic heterocycles. The molecule has 6 heteroatoms. The minimum absolute atomic E-state index is 0.0350. The minimum Gasteiger partial charge on any atom is -0.507 e. The molecule has 0 bridgehead atoms. The van der Waals surface area contributed by atoms with Gasteiger partial charge in [0, 0.05) is 11.8 Å². The quantitative estimate of drug-likeness (QED) is 0.483. The molecule has 0 spiro atoms. The van der Waals surface area contributed by atoms with Crippen LogP contribution in [-0.2, 0) is 4.79 Å². The maximum atomic E-state index is 12.2. The number of rotatable bonds is 5. The standard InChI is InChI=1S/C24H22N2O4/c1-14-4-7-18(8-5-14)29-13-23(28)25-17-6-9-19(21(27)12-17)24-26-20-10-15(2)16(3)11-22(20)30-24/h4-12,27H,13H2,1-3H3,(H,25,28). The summed E-state index contributed by atoms with van der Waals surface area (Å²) in [6.07, 6.45) is 0. The SMILES string of the molecule is Cc1ccc(OCC(=O)Nc2ccc(-c3nc4cc(C)c(C)cc4o3)c(O)c2)cc1. The Labute approximate surface area is 174 Å². The molecule has 1 heterocycles. The summed E-state index contributed by atoms with van der Waals surface area (Å²) >= 11 is 0. The summed E-state index contributed by atoms with van der Waals surface area (Å²) in [5, 5.41) is 13.2. The van der Waals surface area contributed by atoms with Gasteiger partial charge in [0.25, 0.3) is 5.91 Å². The molecule has 0 saturated heterocycles. The van der Waals surface area contributed by atoms with Gasteiger partial charge < -0.3 is 19.6 Å². The molecule has 0 saturated carbocycles. The van der Waals surface area contributed by atoms with Gasteiger partial charge in [0.2, 0.25) is 5.89 Å². The van der Waals surface area contributed by atoms with Gasteiger partial charge in [-0.25, -0.2) is 4.98 Å². The summed E-state index contributed by atoms with van der Waals surface area (Å²) in [5.74, 6) is 0.589. The van der Waals surface area contributed by atoms with E-state index in [1.807, 2.05) is 57.2 Å². The van der Waals surface area contributed by atoms with Crippen molar-refractivity contribution in [3.05, 3.63) is 71.3 Å². The first kappa shape index (κ1) is 19.5. The number of aromatic nitrogens is 1. The third-order valence-corrected chi connectivity index (χ3v) is 4.91. The summed E-state index contributed by atoms with van der Waals surface area (Å²) < 4.78 is 11.3. The lowest BCUT2D eigenvalue weighted by atomic mass is 10.1. The number of fused-ring (bicyclic) bond motifs is 1. The number of nitrogens with zero attached hydrogens (tertiary/aromatic N) is 1. The van der Waals surface area contributed by atoms with Crippen molar-refractivity contribution in [3.63, 3.8) is 0 Å². The van der Waals surface area contributed by atoms with Crippen LogP contribution in [0, 0.1) is 20.8 Å².